The predicted molar refractivity (Wildman–Crippen MR) is 100 cm³/mol. The first-order valence-corrected chi connectivity index (χ1v) is 9.35. The van der Waals surface area contributed by atoms with Gasteiger partial charge in [-0.15, -0.1) is 0 Å². The van der Waals surface area contributed by atoms with Crippen molar-refractivity contribution >= 4 is 27.9 Å². The third-order valence-electron chi connectivity index (χ3n) is 4.40. The number of aromatic nitrogens is 2. The van der Waals surface area contributed by atoms with Crippen LogP contribution in [0, 0.1) is 0 Å². The van der Waals surface area contributed by atoms with E-state index in [1.54, 1.807) is 0 Å². The number of amides is 2. The number of fused-ring (bicyclic) bond motifs is 1. The van der Waals surface area contributed by atoms with Gasteiger partial charge in [0.25, 0.3) is 0 Å². The lowest BCUT2D eigenvalue weighted by Gasteiger charge is -2.18. The standard InChI is InChI=1S/C18H21BrN4O4/c1-18(2,3)16-21-15(27-22-16)14(24)20-13-6-7-23(17(25)26)9-10-8-11(19)4-5-12(10)13/h4-5,8,13H,6-7,9H2,1-3H3,(H,20,24)(H,25,26). The molecule has 27 heavy (non-hydrogen) atoms. The van der Waals surface area contributed by atoms with Crippen LogP contribution < -0.4 is 5.32 Å². The Morgan fingerprint density at radius 2 is 2.11 bits per heavy atom. The summed E-state index contributed by atoms with van der Waals surface area (Å²) >= 11 is 3.42. The maximum atomic E-state index is 12.6. The van der Waals surface area contributed by atoms with Crippen molar-refractivity contribution in [1.29, 1.82) is 0 Å². The molecule has 0 spiro atoms. The third-order valence-corrected chi connectivity index (χ3v) is 4.89. The molecule has 0 radical (unpaired) electrons. The first kappa shape index (κ1) is 19.3. The molecule has 0 bridgehead atoms. The molecule has 2 heterocycles. The average molecular weight is 437 g/mol. The number of hydrogen-bond acceptors (Lipinski definition) is 5. The van der Waals surface area contributed by atoms with E-state index in [4.69, 9.17) is 4.52 Å². The number of nitrogens with zero attached hydrogens (tertiary/aromatic N) is 3. The minimum atomic E-state index is -0.986. The number of carbonyl (C=O) groups is 2. The second kappa shape index (κ2) is 7.30. The first-order valence-electron chi connectivity index (χ1n) is 8.56. The van der Waals surface area contributed by atoms with Crippen LogP contribution in [0.3, 0.4) is 0 Å². The van der Waals surface area contributed by atoms with Crippen molar-refractivity contribution < 1.29 is 19.2 Å². The maximum Gasteiger partial charge on any atom is 0.407 e. The Morgan fingerprint density at radius 1 is 1.37 bits per heavy atom. The average Bonchev–Trinajstić information content (AvgIpc) is 3.01. The Hall–Kier alpha value is -2.42. The number of carbonyl (C=O) groups excluding carboxylic acids is 1. The molecule has 0 saturated heterocycles. The summed E-state index contributed by atoms with van der Waals surface area (Å²) in [4.78, 5) is 29.6. The van der Waals surface area contributed by atoms with E-state index >= 15 is 0 Å². The molecule has 1 aromatic carbocycles. The Morgan fingerprint density at radius 3 is 2.74 bits per heavy atom. The van der Waals surface area contributed by atoms with Gasteiger partial charge in [-0.05, 0) is 29.7 Å². The monoisotopic (exact) mass is 436 g/mol. The van der Waals surface area contributed by atoms with Crippen LogP contribution in [0.4, 0.5) is 4.79 Å². The summed E-state index contributed by atoms with van der Waals surface area (Å²) < 4.78 is 5.96. The van der Waals surface area contributed by atoms with Crippen molar-refractivity contribution in [1.82, 2.24) is 20.4 Å². The molecule has 2 amide bonds. The van der Waals surface area contributed by atoms with E-state index in [2.05, 4.69) is 31.4 Å². The van der Waals surface area contributed by atoms with Crippen LogP contribution in [0.2, 0.25) is 0 Å². The fourth-order valence-corrected chi connectivity index (χ4v) is 3.34. The van der Waals surface area contributed by atoms with Crippen LogP contribution in [0.25, 0.3) is 0 Å². The smallest absolute Gasteiger partial charge is 0.407 e. The largest absolute Gasteiger partial charge is 0.465 e. The van der Waals surface area contributed by atoms with E-state index in [1.807, 2.05) is 39.0 Å². The van der Waals surface area contributed by atoms with Crippen molar-refractivity contribution in [3.05, 3.63) is 45.5 Å². The van der Waals surface area contributed by atoms with Crippen LogP contribution >= 0.6 is 15.9 Å². The second-order valence-electron chi connectivity index (χ2n) is 7.54. The van der Waals surface area contributed by atoms with Crippen LogP contribution in [0.15, 0.2) is 27.2 Å². The zero-order valence-corrected chi connectivity index (χ0v) is 16.9. The molecule has 1 aliphatic heterocycles. The highest BCUT2D eigenvalue weighted by atomic mass is 79.9. The zero-order valence-electron chi connectivity index (χ0n) is 15.3. The molecule has 1 unspecified atom stereocenters. The van der Waals surface area contributed by atoms with E-state index in [1.165, 1.54) is 4.90 Å². The summed E-state index contributed by atoms with van der Waals surface area (Å²) in [6.45, 7) is 6.37. The molecule has 144 valence electrons. The van der Waals surface area contributed by atoms with Crippen LogP contribution in [0.1, 0.15) is 60.9 Å². The van der Waals surface area contributed by atoms with Crippen LogP contribution in [-0.2, 0) is 12.0 Å². The van der Waals surface area contributed by atoms with E-state index in [9.17, 15) is 14.7 Å². The molecule has 0 aliphatic carbocycles. The Balaban J connectivity index is 1.85. The van der Waals surface area contributed by atoms with Crippen molar-refractivity contribution in [3.8, 4) is 0 Å². The van der Waals surface area contributed by atoms with Crippen molar-refractivity contribution in [2.24, 2.45) is 0 Å². The van der Waals surface area contributed by atoms with Gasteiger partial charge < -0.3 is 19.8 Å². The topological polar surface area (TPSA) is 109 Å². The van der Waals surface area contributed by atoms with Gasteiger partial charge in [0, 0.05) is 23.0 Å². The van der Waals surface area contributed by atoms with Gasteiger partial charge in [0.15, 0.2) is 5.82 Å². The summed E-state index contributed by atoms with van der Waals surface area (Å²) in [6.07, 6.45) is -0.535. The molecule has 1 aromatic heterocycles. The van der Waals surface area contributed by atoms with Crippen LogP contribution in [-0.4, -0.2) is 38.7 Å². The molecule has 3 rings (SSSR count). The molecule has 8 nitrogen and oxygen atoms in total. The van der Waals surface area contributed by atoms with Gasteiger partial charge in [-0.2, -0.15) is 4.98 Å². The van der Waals surface area contributed by atoms with Gasteiger partial charge in [-0.3, -0.25) is 4.79 Å². The van der Waals surface area contributed by atoms with Crippen LogP contribution in [0.5, 0.6) is 0 Å². The Labute approximate surface area is 165 Å². The molecule has 0 saturated carbocycles. The Bertz CT molecular complexity index is 874. The van der Waals surface area contributed by atoms with Gasteiger partial charge >= 0.3 is 17.9 Å². The molecule has 2 N–H and O–H groups in total. The molecule has 0 fully saturated rings. The van der Waals surface area contributed by atoms with Crippen molar-refractivity contribution in [2.75, 3.05) is 6.54 Å². The zero-order chi connectivity index (χ0) is 19.8. The number of nitrogens with one attached hydrogen (secondary N) is 1. The minimum absolute atomic E-state index is 0.0991. The summed E-state index contributed by atoms with van der Waals surface area (Å²) in [6, 6.07) is 5.29. The summed E-state index contributed by atoms with van der Waals surface area (Å²) in [5.41, 5.74) is 1.40. The highest BCUT2D eigenvalue weighted by Gasteiger charge is 2.29. The number of benzene rings is 1. The summed E-state index contributed by atoms with van der Waals surface area (Å²) in [5, 5.41) is 16.2. The van der Waals surface area contributed by atoms with E-state index in [-0.39, 0.29) is 23.9 Å². The Kier molecular flexibility index (Phi) is 5.23. The fraction of sp³-hybridized carbons (Fsp3) is 0.444. The maximum absolute atomic E-state index is 12.6. The molecule has 1 atom stereocenters. The van der Waals surface area contributed by atoms with Gasteiger partial charge in [-0.1, -0.05) is 47.9 Å². The van der Waals surface area contributed by atoms with Gasteiger partial charge in [-0.25, -0.2) is 4.79 Å². The third kappa shape index (κ3) is 4.29. The molecule has 1 aliphatic rings. The first-order chi connectivity index (χ1) is 12.6. The van der Waals surface area contributed by atoms with Gasteiger partial charge in [0.2, 0.25) is 0 Å². The molecule has 2 aromatic rings. The van der Waals surface area contributed by atoms with E-state index in [0.717, 1.165) is 15.6 Å². The van der Waals surface area contributed by atoms with E-state index < -0.39 is 12.0 Å². The second-order valence-corrected chi connectivity index (χ2v) is 8.45. The lowest BCUT2D eigenvalue weighted by Crippen LogP contribution is -2.32. The van der Waals surface area contributed by atoms with Gasteiger partial charge in [0.1, 0.15) is 0 Å². The van der Waals surface area contributed by atoms with Crippen molar-refractivity contribution in [3.63, 3.8) is 0 Å². The quantitative estimate of drug-likeness (QED) is 0.745. The normalized spacial score (nSPS) is 17.2. The summed E-state index contributed by atoms with van der Waals surface area (Å²) in [5.74, 6) is -0.117. The SMILES string of the molecule is CC(C)(C)c1noc(C(=O)NC2CCN(C(=O)O)Cc3cc(Br)ccc32)n1. The van der Waals surface area contributed by atoms with Gasteiger partial charge in [0.05, 0.1) is 6.04 Å². The lowest BCUT2D eigenvalue weighted by atomic mass is 9.96. The number of carboxylic acid groups (broad SMARTS) is 1. The number of rotatable bonds is 2. The lowest BCUT2D eigenvalue weighted by molar-refractivity contribution is 0.0888. The molecular weight excluding hydrogens is 416 g/mol. The number of hydrogen-bond donors (Lipinski definition) is 2. The highest BCUT2D eigenvalue weighted by molar-refractivity contribution is 9.10. The molecular formula is C18H21BrN4O4. The predicted octanol–water partition coefficient (Wildman–Crippen LogP) is 3.48. The summed E-state index contributed by atoms with van der Waals surface area (Å²) in [7, 11) is 0. The van der Waals surface area contributed by atoms with E-state index in [0.29, 0.717) is 18.8 Å². The highest BCUT2D eigenvalue weighted by Crippen LogP contribution is 2.29. The number of halogens is 1. The minimum Gasteiger partial charge on any atom is -0.465 e. The van der Waals surface area contributed by atoms with Crippen molar-refractivity contribution in [2.45, 2.75) is 45.2 Å². The molecule has 9 heteroatoms. The fourth-order valence-electron chi connectivity index (χ4n) is 2.93.